The third-order valence-electron chi connectivity index (χ3n) is 3.77. The third kappa shape index (κ3) is 3.03. The molecule has 1 saturated carbocycles. The molecule has 8 nitrogen and oxygen atoms in total. The fourth-order valence-electron chi connectivity index (χ4n) is 2.39. The molecule has 1 fully saturated rings. The van der Waals surface area contributed by atoms with Crippen LogP contribution in [0.3, 0.4) is 0 Å². The third-order valence-corrected chi connectivity index (χ3v) is 4.70. The van der Waals surface area contributed by atoms with Gasteiger partial charge in [-0.2, -0.15) is 9.97 Å². The number of rotatable bonds is 5. The molecular formula is C15H16N6O2S. The van der Waals surface area contributed by atoms with Crippen LogP contribution >= 0.6 is 0 Å². The van der Waals surface area contributed by atoms with Gasteiger partial charge < -0.3 is 15.6 Å². The molecule has 0 radical (unpaired) electrons. The largest absolute Gasteiger partial charge is 0.367 e. The van der Waals surface area contributed by atoms with Crippen LogP contribution < -0.4 is 15.8 Å². The first-order valence-corrected chi connectivity index (χ1v) is 9.05. The Morgan fingerprint density at radius 3 is 2.54 bits per heavy atom. The van der Waals surface area contributed by atoms with Gasteiger partial charge in [0.2, 0.25) is 16.0 Å². The summed E-state index contributed by atoms with van der Waals surface area (Å²) in [6.45, 7) is 0. The number of fused-ring (bicyclic) bond motifs is 1. The van der Waals surface area contributed by atoms with Gasteiger partial charge in [0.05, 0.1) is 10.3 Å². The number of H-pyrrole nitrogens is 1. The summed E-state index contributed by atoms with van der Waals surface area (Å²) >= 11 is 0. The standard InChI is InChI=1S/C15H16N6O2S/c16-24(22,23)11-5-3-10(4-6-11)19-15-20-13-12(7-8-17-13)14(21-15)18-9-1-2-9/h3-9H,1-2H2,(H2,16,22,23)(H3,17,18,19,20,21). The van der Waals surface area contributed by atoms with Crippen LogP contribution in [0.4, 0.5) is 17.5 Å². The molecule has 1 aliphatic carbocycles. The van der Waals surface area contributed by atoms with Gasteiger partial charge in [0.15, 0.2) is 0 Å². The number of nitrogens with two attached hydrogens (primary N) is 1. The number of sulfonamides is 1. The number of benzene rings is 1. The van der Waals surface area contributed by atoms with E-state index in [0.717, 1.165) is 29.7 Å². The van der Waals surface area contributed by atoms with Crippen molar-refractivity contribution in [3.8, 4) is 0 Å². The summed E-state index contributed by atoms with van der Waals surface area (Å²) in [6, 6.07) is 8.53. The molecule has 0 aliphatic heterocycles. The Kier molecular flexibility index (Phi) is 3.39. The van der Waals surface area contributed by atoms with Crippen molar-refractivity contribution >= 4 is 38.5 Å². The first-order chi connectivity index (χ1) is 11.5. The van der Waals surface area contributed by atoms with E-state index in [9.17, 15) is 8.42 Å². The number of aromatic amines is 1. The monoisotopic (exact) mass is 344 g/mol. The number of aromatic nitrogens is 3. The Balaban J connectivity index is 1.64. The van der Waals surface area contributed by atoms with E-state index in [1.165, 1.54) is 12.1 Å². The Hall–Kier alpha value is -2.65. The molecule has 2 heterocycles. The minimum atomic E-state index is -3.70. The van der Waals surface area contributed by atoms with Gasteiger partial charge in [-0.1, -0.05) is 0 Å². The lowest BCUT2D eigenvalue weighted by molar-refractivity contribution is 0.598. The van der Waals surface area contributed by atoms with E-state index in [1.807, 2.05) is 12.3 Å². The van der Waals surface area contributed by atoms with E-state index in [1.54, 1.807) is 12.1 Å². The Morgan fingerprint density at radius 2 is 1.88 bits per heavy atom. The maximum Gasteiger partial charge on any atom is 0.238 e. The fraction of sp³-hybridized carbons (Fsp3) is 0.200. The summed E-state index contributed by atoms with van der Waals surface area (Å²) in [6.07, 6.45) is 4.11. The van der Waals surface area contributed by atoms with Crippen LogP contribution in [0.5, 0.6) is 0 Å². The van der Waals surface area contributed by atoms with Crippen LogP contribution in [0, 0.1) is 0 Å². The van der Waals surface area contributed by atoms with E-state index in [-0.39, 0.29) is 4.90 Å². The molecule has 2 aromatic heterocycles. The number of hydrogen-bond donors (Lipinski definition) is 4. The molecule has 9 heteroatoms. The van der Waals surface area contributed by atoms with E-state index in [2.05, 4.69) is 25.6 Å². The molecule has 4 rings (SSSR count). The summed E-state index contributed by atoms with van der Waals surface area (Å²) in [4.78, 5) is 12.1. The first kappa shape index (κ1) is 14.9. The van der Waals surface area contributed by atoms with E-state index in [0.29, 0.717) is 17.7 Å². The molecule has 0 atom stereocenters. The zero-order valence-electron chi connectivity index (χ0n) is 12.7. The highest BCUT2D eigenvalue weighted by molar-refractivity contribution is 7.89. The summed E-state index contributed by atoms with van der Waals surface area (Å²) in [7, 11) is -3.70. The van der Waals surface area contributed by atoms with Gasteiger partial charge in [-0.3, -0.25) is 0 Å². The summed E-state index contributed by atoms with van der Waals surface area (Å²) < 4.78 is 22.6. The van der Waals surface area contributed by atoms with Crippen molar-refractivity contribution in [1.29, 1.82) is 0 Å². The molecule has 124 valence electrons. The van der Waals surface area contributed by atoms with Crippen LogP contribution in [-0.4, -0.2) is 29.4 Å². The zero-order valence-corrected chi connectivity index (χ0v) is 13.5. The molecule has 0 amide bonds. The highest BCUT2D eigenvalue weighted by Crippen LogP contribution is 2.29. The van der Waals surface area contributed by atoms with Crippen LogP contribution in [0.25, 0.3) is 11.0 Å². The van der Waals surface area contributed by atoms with Gasteiger partial charge in [0, 0.05) is 17.9 Å². The van der Waals surface area contributed by atoms with Crippen LogP contribution in [0.1, 0.15) is 12.8 Å². The molecule has 0 unspecified atom stereocenters. The Labute approximate surface area is 138 Å². The highest BCUT2D eigenvalue weighted by atomic mass is 32.2. The quantitative estimate of drug-likeness (QED) is 0.560. The van der Waals surface area contributed by atoms with Crippen molar-refractivity contribution < 1.29 is 8.42 Å². The van der Waals surface area contributed by atoms with Crippen molar-refractivity contribution in [1.82, 2.24) is 15.0 Å². The Morgan fingerprint density at radius 1 is 1.12 bits per heavy atom. The molecule has 1 aliphatic rings. The minimum Gasteiger partial charge on any atom is -0.367 e. The lowest BCUT2D eigenvalue weighted by Crippen LogP contribution is -2.12. The number of primary sulfonamides is 1. The van der Waals surface area contributed by atoms with Crippen LogP contribution in [-0.2, 0) is 10.0 Å². The van der Waals surface area contributed by atoms with Gasteiger partial charge in [-0.25, -0.2) is 13.6 Å². The molecule has 0 spiro atoms. The minimum absolute atomic E-state index is 0.0601. The lowest BCUT2D eigenvalue weighted by Gasteiger charge is -2.09. The molecular weight excluding hydrogens is 328 g/mol. The molecule has 0 saturated heterocycles. The number of hydrogen-bond acceptors (Lipinski definition) is 6. The number of nitrogens with zero attached hydrogens (tertiary/aromatic N) is 2. The maximum absolute atomic E-state index is 11.3. The van der Waals surface area contributed by atoms with Gasteiger partial charge in [-0.15, -0.1) is 0 Å². The van der Waals surface area contributed by atoms with Gasteiger partial charge >= 0.3 is 0 Å². The first-order valence-electron chi connectivity index (χ1n) is 7.50. The lowest BCUT2D eigenvalue weighted by atomic mass is 10.3. The fourth-order valence-corrected chi connectivity index (χ4v) is 2.90. The summed E-state index contributed by atoms with van der Waals surface area (Å²) in [5.74, 6) is 1.21. The van der Waals surface area contributed by atoms with Crippen molar-refractivity contribution in [2.45, 2.75) is 23.8 Å². The van der Waals surface area contributed by atoms with Gasteiger partial charge in [-0.05, 0) is 43.2 Å². The molecule has 3 aromatic rings. The average Bonchev–Trinajstić information content (AvgIpc) is 3.21. The normalized spacial score (nSPS) is 14.7. The highest BCUT2D eigenvalue weighted by Gasteiger charge is 2.23. The van der Waals surface area contributed by atoms with Crippen LogP contribution in [0.2, 0.25) is 0 Å². The molecule has 5 N–H and O–H groups in total. The predicted octanol–water partition coefficient (Wildman–Crippen LogP) is 1.92. The van der Waals surface area contributed by atoms with Crippen molar-refractivity contribution in [2.24, 2.45) is 5.14 Å². The van der Waals surface area contributed by atoms with E-state index >= 15 is 0 Å². The van der Waals surface area contributed by atoms with E-state index in [4.69, 9.17) is 5.14 Å². The van der Waals surface area contributed by atoms with Crippen molar-refractivity contribution in [2.75, 3.05) is 10.6 Å². The zero-order chi connectivity index (χ0) is 16.7. The van der Waals surface area contributed by atoms with Crippen LogP contribution in [0.15, 0.2) is 41.4 Å². The predicted molar refractivity (Wildman–Crippen MR) is 91.6 cm³/mol. The average molecular weight is 344 g/mol. The smallest absolute Gasteiger partial charge is 0.238 e. The van der Waals surface area contributed by atoms with E-state index < -0.39 is 10.0 Å². The second-order valence-corrected chi connectivity index (χ2v) is 7.31. The molecule has 1 aromatic carbocycles. The SMILES string of the molecule is NS(=O)(=O)c1ccc(Nc2nc(NC3CC3)c3cc[nH]c3n2)cc1. The van der Waals surface area contributed by atoms with Crippen molar-refractivity contribution in [3.63, 3.8) is 0 Å². The van der Waals surface area contributed by atoms with Gasteiger partial charge in [0.1, 0.15) is 11.5 Å². The molecule has 0 bridgehead atoms. The maximum atomic E-state index is 11.3. The molecule has 24 heavy (non-hydrogen) atoms. The second kappa shape index (κ2) is 5.46. The Bertz CT molecular complexity index is 992. The number of anilines is 3. The summed E-state index contributed by atoms with van der Waals surface area (Å²) in [5.41, 5.74) is 1.41. The van der Waals surface area contributed by atoms with Gasteiger partial charge in [0.25, 0.3) is 0 Å². The number of nitrogens with one attached hydrogen (secondary N) is 3. The summed E-state index contributed by atoms with van der Waals surface area (Å²) in [5, 5.41) is 12.5. The van der Waals surface area contributed by atoms with Crippen molar-refractivity contribution in [3.05, 3.63) is 36.5 Å². The second-order valence-electron chi connectivity index (χ2n) is 5.75. The topological polar surface area (TPSA) is 126 Å².